The van der Waals surface area contributed by atoms with E-state index < -0.39 is 0 Å². The number of nitrogens with one attached hydrogen (secondary N) is 1. The third-order valence-electron chi connectivity index (χ3n) is 2.98. The first-order valence-electron chi connectivity index (χ1n) is 4.85. The molecule has 3 N–H and O–H groups in total. The third kappa shape index (κ3) is 0.842. The van der Waals surface area contributed by atoms with Crippen molar-refractivity contribution in [2.45, 2.75) is 19.3 Å². The molecule has 1 aliphatic carbocycles. The Balaban J connectivity index is 2.46. The van der Waals surface area contributed by atoms with E-state index in [0.717, 1.165) is 30.3 Å². The van der Waals surface area contributed by atoms with E-state index >= 15 is 0 Å². The zero-order valence-corrected chi connectivity index (χ0v) is 7.73. The van der Waals surface area contributed by atoms with Gasteiger partial charge in [0.25, 0.3) is 0 Å². The van der Waals surface area contributed by atoms with E-state index in [9.17, 15) is 4.39 Å². The van der Waals surface area contributed by atoms with E-state index in [4.69, 9.17) is 5.73 Å². The maximum absolute atomic E-state index is 13.7. The Morgan fingerprint density at radius 2 is 2.14 bits per heavy atom. The van der Waals surface area contributed by atoms with Gasteiger partial charge in [0, 0.05) is 16.6 Å². The largest absolute Gasteiger partial charge is 0.396 e. The van der Waals surface area contributed by atoms with Gasteiger partial charge in [-0.1, -0.05) is 0 Å². The van der Waals surface area contributed by atoms with Crippen molar-refractivity contribution < 1.29 is 4.39 Å². The van der Waals surface area contributed by atoms with Gasteiger partial charge in [-0.25, -0.2) is 4.39 Å². The SMILES string of the molecule is Nc1ccc2[nH]c3c(c2c1F)CCC3. The van der Waals surface area contributed by atoms with Crippen LogP contribution in [0.2, 0.25) is 0 Å². The van der Waals surface area contributed by atoms with Crippen LogP contribution >= 0.6 is 0 Å². The van der Waals surface area contributed by atoms with Crippen molar-refractivity contribution in [3.8, 4) is 0 Å². The monoisotopic (exact) mass is 190 g/mol. The highest BCUT2D eigenvalue weighted by Crippen LogP contribution is 2.33. The summed E-state index contributed by atoms with van der Waals surface area (Å²) in [6, 6.07) is 3.47. The lowest BCUT2D eigenvalue weighted by atomic mass is 10.1. The maximum atomic E-state index is 13.7. The summed E-state index contributed by atoms with van der Waals surface area (Å²) in [5.41, 5.74) is 8.98. The van der Waals surface area contributed by atoms with Crippen LogP contribution in [0.4, 0.5) is 10.1 Å². The molecule has 1 aliphatic rings. The summed E-state index contributed by atoms with van der Waals surface area (Å²) in [7, 11) is 0. The van der Waals surface area contributed by atoms with Gasteiger partial charge in [-0.05, 0) is 37.0 Å². The van der Waals surface area contributed by atoms with Crippen LogP contribution in [-0.4, -0.2) is 4.98 Å². The molecular weight excluding hydrogens is 179 g/mol. The predicted octanol–water partition coefficient (Wildman–Crippen LogP) is 2.38. The minimum absolute atomic E-state index is 0.242. The molecule has 72 valence electrons. The number of H-pyrrole nitrogens is 1. The van der Waals surface area contributed by atoms with Crippen LogP contribution in [0.15, 0.2) is 12.1 Å². The fourth-order valence-electron chi connectivity index (χ4n) is 2.31. The van der Waals surface area contributed by atoms with Crippen LogP contribution in [0.1, 0.15) is 17.7 Å². The van der Waals surface area contributed by atoms with Crippen molar-refractivity contribution >= 4 is 16.6 Å². The second kappa shape index (κ2) is 2.50. The Morgan fingerprint density at radius 3 is 3.00 bits per heavy atom. The number of benzene rings is 1. The Hall–Kier alpha value is -1.51. The summed E-state index contributed by atoms with van der Waals surface area (Å²) in [4.78, 5) is 3.25. The summed E-state index contributed by atoms with van der Waals surface area (Å²) in [5.74, 6) is -0.262. The summed E-state index contributed by atoms with van der Waals surface area (Å²) < 4.78 is 13.7. The Bertz CT molecular complexity index is 513. The first kappa shape index (κ1) is 7.85. The highest BCUT2D eigenvalue weighted by Gasteiger charge is 2.20. The number of halogens is 1. The van der Waals surface area contributed by atoms with Crippen molar-refractivity contribution in [2.24, 2.45) is 0 Å². The Kier molecular flexibility index (Phi) is 1.40. The van der Waals surface area contributed by atoms with Gasteiger partial charge in [-0.15, -0.1) is 0 Å². The topological polar surface area (TPSA) is 41.8 Å². The molecule has 1 aromatic heterocycles. The second-order valence-corrected chi connectivity index (χ2v) is 3.83. The lowest BCUT2D eigenvalue weighted by Crippen LogP contribution is -1.91. The van der Waals surface area contributed by atoms with Gasteiger partial charge in [0.05, 0.1) is 5.69 Å². The molecule has 2 aromatic rings. The number of hydrogen-bond donors (Lipinski definition) is 2. The van der Waals surface area contributed by atoms with Crippen LogP contribution in [0.3, 0.4) is 0 Å². The van der Waals surface area contributed by atoms with E-state index in [2.05, 4.69) is 4.98 Å². The predicted molar refractivity (Wildman–Crippen MR) is 54.7 cm³/mol. The number of nitrogen functional groups attached to an aromatic ring is 1. The molecule has 0 saturated carbocycles. The third-order valence-corrected chi connectivity index (χ3v) is 2.98. The van der Waals surface area contributed by atoms with Crippen LogP contribution in [0, 0.1) is 5.82 Å². The van der Waals surface area contributed by atoms with Gasteiger partial charge in [-0.2, -0.15) is 0 Å². The summed E-state index contributed by atoms with van der Waals surface area (Å²) in [6.07, 6.45) is 3.12. The summed E-state index contributed by atoms with van der Waals surface area (Å²) >= 11 is 0. The molecule has 0 aliphatic heterocycles. The van der Waals surface area contributed by atoms with Crippen molar-refractivity contribution in [3.63, 3.8) is 0 Å². The van der Waals surface area contributed by atoms with Gasteiger partial charge in [-0.3, -0.25) is 0 Å². The first-order chi connectivity index (χ1) is 6.77. The van der Waals surface area contributed by atoms with Gasteiger partial charge in [0.2, 0.25) is 0 Å². The molecule has 0 bridgehead atoms. The minimum Gasteiger partial charge on any atom is -0.396 e. The molecule has 0 unspecified atom stereocenters. The second-order valence-electron chi connectivity index (χ2n) is 3.83. The molecule has 0 radical (unpaired) electrons. The molecule has 3 heteroatoms. The molecule has 0 spiro atoms. The van der Waals surface area contributed by atoms with Gasteiger partial charge < -0.3 is 10.7 Å². The molecule has 0 saturated heterocycles. The highest BCUT2D eigenvalue weighted by molar-refractivity contribution is 5.88. The zero-order valence-electron chi connectivity index (χ0n) is 7.73. The fraction of sp³-hybridized carbons (Fsp3) is 0.273. The molecule has 0 atom stereocenters. The van der Waals surface area contributed by atoms with E-state index in [1.165, 1.54) is 5.69 Å². The number of hydrogen-bond acceptors (Lipinski definition) is 1. The van der Waals surface area contributed by atoms with E-state index in [1.807, 2.05) is 6.07 Å². The maximum Gasteiger partial charge on any atom is 0.155 e. The van der Waals surface area contributed by atoms with Crippen molar-refractivity contribution in [1.29, 1.82) is 0 Å². The van der Waals surface area contributed by atoms with Crippen LogP contribution in [-0.2, 0) is 12.8 Å². The number of nitrogens with two attached hydrogens (primary N) is 1. The number of anilines is 1. The fourth-order valence-corrected chi connectivity index (χ4v) is 2.31. The van der Waals surface area contributed by atoms with Crippen LogP contribution < -0.4 is 5.73 Å². The number of fused-ring (bicyclic) bond motifs is 3. The Labute approximate surface area is 80.9 Å². The smallest absolute Gasteiger partial charge is 0.155 e. The molecule has 1 aromatic carbocycles. The molecule has 0 fully saturated rings. The average molecular weight is 190 g/mol. The van der Waals surface area contributed by atoms with Gasteiger partial charge >= 0.3 is 0 Å². The number of aromatic nitrogens is 1. The standard InChI is InChI=1S/C11H11FN2/c12-11-7(13)4-5-9-10(11)6-2-1-3-8(6)14-9/h4-5,14H,1-3,13H2. The lowest BCUT2D eigenvalue weighted by molar-refractivity contribution is 0.643. The van der Waals surface area contributed by atoms with E-state index in [-0.39, 0.29) is 11.5 Å². The van der Waals surface area contributed by atoms with Crippen LogP contribution in [0.25, 0.3) is 10.9 Å². The molecule has 2 nitrogen and oxygen atoms in total. The Morgan fingerprint density at radius 1 is 1.29 bits per heavy atom. The van der Waals surface area contributed by atoms with E-state index in [1.54, 1.807) is 6.07 Å². The van der Waals surface area contributed by atoms with Crippen LogP contribution in [0.5, 0.6) is 0 Å². The number of aryl methyl sites for hydroxylation is 2. The normalized spacial score (nSPS) is 14.9. The molecule has 14 heavy (non-hydrogen) atoms. The van der Waals surface area contributed by atoms with Crippen molar-refractivity contribution in [3.05, 3.63) is 29.2 Å². The summed E-state index contributed by atoms with van der Waals surface area (Å²) in [5, 5.41) is 0.706. The highest BCUT2D eigenvalue weighted by atomic mass is 19.1. The average Bonchev–Trinajstić information content (AvgIpc) is 2.70. The molecule has 0 amide bonds. The number of aromatic amines is 1. The van der Waals surface area contributed by atoms with Gasteiger partial charge in [0.1, 0.15) is 0 Å². The molecular formula is C11H11FN2. The minimum atomic E-state index is -0.262. The first-order valence-corrected chi connectivity index (χ1v) is 4.85. The zero-order chi connectivity index (χ0) is 9.71. The van der Waals surface area contributed by atoms with E-state index in [0.29, 0.717) is 5.39 Å². The van der Waals surface area contributed by atoms with Crippen molar-refractivity contribution in [2.75, 3.05) is 5.73 Å². The van der Waals surface area contributed by atoms with Crippen molar-refractivity contribution in [1.82, 2.24) is 4.98 Å². The number of rotatable bonds is 0. The van der Waals surface area contributed by atoms with Gasteiger partial charge in [0.15, 0.2) is 5.82 Å². The molecule has 1 heterocycles. The quantitative estimate of drug-likeness (QED) is 0.615. The lowest BCUT2D eigenvalue weighted by Gasteiger charge is -1.99. The molecule has 3 rings (SSSR count). The summed E-state index contributed by atoms with van der Waals surface area (Å²) in [6.45, 7) is 0.